The number of ketones is 1. The molecule has 0 saturated heterocycles. The summed E-state index contributed by atoms with van der Waals surface area (Å²) in [6.07, 6.45) is -2.52. The zero-order valence-electron chi connectivity index (χ0n) is 11.8. The van der Waals surface area contributed by atoms with E-state index in [0.29, 0.717) is 0 Å². The summed E-state index contributed by atoms with van der Waals surface area (Å²) >= 11 is 0. The molecule has 0 bridgehead atoms. The molecule has 0 aliphatic carbocycles. The highest BCUT2D eigenvalue weighted by molar-refractivity contribution is 6.03. The van der Waals surface area contributed by atoms with Crippen molar-refractivity contribution in [2.24, 2.45) is 5.41 Å². The van der Waals surface area contributed by atoms with E-state index in [1.165, 1.54) is 6.92 Å². The Morgan fingerprint density at radius 3 is 2.05 bits per heavy atom. The van der Waals surface area contributed by atoms with Gasteiger partial charge >= 0.3 is 11.9 Å². The normalized spacial score (nSPS) is 15.2. The van der Waals surface area contributed by atoms with E-state index >= 15 is 0 Å². The van der Waals surface area contributed by atoms with E-state index in [-0.39, 0.29) is 19.6 Å². The van der Waals surface area contributed by atoms with Gasteiger partial charge in [-0.15, -0.1) is 0 Å². The molecule has 0 N–H and O–H groups in total. The lowest BCUT2D eigenvalue weighted by Gasteiger charge is -2.26. The zero-order chi connectivity index (χ0) is 15.1. The number of hydrogen-bond donors (Lipinski definition) is 0. The molecular weight excluding hydrogens is 255 g/mol. The number of rotatable bonds is 8. The van der Waals surface area contributed by atoms with Crippen LogP contribution in [-0.4, -0.2) is 37.1 Å². The van der Waals surface area contributed by atoms with Crippen molar-refractivity contribution < 1.29 is 28.2 Å². The molecule has 2 unspecified atom stereocenters. The van der Waals surface area contributed by atoms with Crippen LogP contribution in [0.15, 0.2) is 0 Å². The van der Waals surface area contributed by atoms with Gasteiger partial charge in [0.2, 0.25) is 0 Å². The van der Waals surface area contributed by atoms with Gasteiger partial charge in [0.05, 0.1) is 13.2 Å². The molecule has 0 aliphatic rings. The summed E-state index contributed by atoms with van der Waals surface area (Å²) in [4.78, 5) is 34.9. The molecule has 0 spiro atoms. The number of halogens is 1. The third-order valence-electron chi connectivity index (χ3n) is 2.79. The van der Waals surface area contributed by atoms with Gasteiger partial charge in [0.25, 0.3) is 0 Å². The van der Waals surface area contributed by atoms with Crippen LogP contribution in [0.1, 0.15) is 40.5 Å². The monoisotopic (exact) mass is 276 g/mol. The van der Waals surface area contributed by atoms with Gasteiger partial charge in [-0.1, -0.05) is 6.92 Å². The largest absolute Gasteiger partial charge is 0.465 e. The second-order valence-corrected chi connectivity index (χ2v) is 4.25. The molecule has 6 heteroatoms. The maximum absolute atomic E-state index is 13.7. The van der Waals surface area contributed by atoms with Crippen LogP contribution in [0.25, 0.3) is 0 Å². The molecule has 0 rings (SSSR count). The highest BCUT2D eigenvalue weighted by atomic mass is 19.1. The van der Waals surface area contributed by atoms with E-state index in [9.17, 15) is 18.8 Å². The lowest BCUT2D eigenvalue weighted by molar-refractivity contribution is -0.162. The predicted octanol–water partition coefficient (Wildman–Crippen LogP) is 1.83. The first-order valence-corrected chi connectivity index (χ1v) is 6.34. The molecule has 0 heterocycles. The van der Waals surface area contributed by atoms with Gasteiger partial charge in [-0.2, -0.15) is 0 Å². The Morgan fingerprint density at radius 2 is 1.63 bits per heavy atom. The molecule has 0 aliphatic heterocycles. The molecule has 0 aromatic carbocycles. The summed E-state index contributed by atoms with van der Waals surface area (Å²) in [5, 5.41) is 0. The molecule has 0 saturated carbocycles. The van der Waals surface area contributed by atoms with E-state index in [0.717, 1.165) is 0 Å². The summed E-state index contributed by atoms with van der Waals surface area (Å²) in [6.45, 7) is 6.12. The quantitative estimate of drug-likeness (QED) is 0.499. The SMILES string of the molecule is CCOC(=O)C(F)CC(C)(C(=O)CC)C(=O)OCC. The number of carbonyl (C=O) groups excluding carboxylic acids is 3. The smallest absolute Gasteiger partial charge is 0.340 e. The Balaban J connectivity index is 5.01. The van der Waals surface area contributed by atoms with Crippen LogP contribution in [0.2, 0.25) is 0 Å². The highest BCUT2D eigenvalue weighted by Gasteiger charge is 2.45. The lowest BCUT2D eigenvalue weighted by Crippen LogP contribution is -2.41. The first-order chi connectivity index (χ1) is 8.83. The van der Waals surface area contributed by atoms with Crippen LogP contribution in [0.4, 0.5) is 4.39 Å². The summed E-state index contributed by atoms with van der Waals surface area (Å²) < 4.78 is 23.1. The summed E-state index contributed by atoms with van der Waals surface area (Å²) in [5.74, 6) is -2.34. The van der Waals surface area contributed by atoms with Crippen molar-refractivity contribution in [1.29, 1.82) is 0 Å². The Morgan fingerprint density at radius 1 is 1.11 bits per heavy atom. The molecule has 0 fully saturated rings. The van der Waals surface area contributed by atoms with Crippen LogP contribution in [-0.2, 0) is 23.9 Å². The number of carbonyl (C=O) groups is 3. The molecule has 0 radical (unpaired) electrons. The first-order valence-electron chi connectivity index (χ1n) is 6.34. The lowest BCUT2D eigenvalue weighted by atomic mass is 9.79. The summed E-state index contributed by atoms with van der Waals surface area (Å²) in [5.41, 5.74) is -1.66. The topological polar surface area (TPSA) is 69.7 Å². The van der Waals surface area contributed by atoms with Crippen LogP contribution in [0.5, 0.6) is 0 Å². The van der Waals surface area contributed by atoms with E-state index in [4.69, 9.17) is 4.74 Å². The minimum Gasteiger partial charge on any atom is -0.465 e. The zero-order valence-corrected chi connectivity index (χ0v) is 11.8. The molecule has 5 nitrogen and oxygen atoms in total. The van der Waals surface area contributed by atoms with Gasteiger partial charge in [-0.05, 0) is 20.8 Å². The Labute approximate surface area is 112 Å². The number of hydrogen-bond acceptors (Lipinski definition) is 5. The van der Waals surface area contributed by atoms with Crippen molar-refractivity contribution in [1.82, 2.24) is 0 Å². The van der Waals surface area contributed by atoms with Crippen LogP contribution in [0.3, 0.4) is 0 Å². The number of alkyl halides is 1. The van der Waals surface area contributed by atoms with Crippen LogP contribution >= 0.6 is 0 Å². The standard InChI is InChI=1S/C13H21FO5/c1-5-10(15)13(4,12(17)19-7-3)8-9(14)11(16)18-6-2/h9H,5-8H2,1-4H3. The van der Waals surface area contributed by atoms with Crippen LogP contribution in [0, 0.1) is 5.41 Å². The number of esters is 2. The molecular formula is C13H21FO5. The summed E-state index contributed by atoms with van der Waals surface area (Å²) in [6, 6.07) is 0. The third-order valence-corrected chi connectivity index (χ3v) is 2.79. The second kappa shape index (κ2) is 7.86. The fraction of sp³-hybridized carbons (Fsp3) is 0.769. The number of ether oxygens (including phenoxy) is 2. The number of Topliss-reactive ketones (excluding diaryl/α,β-unsaturated/α-hetero) is 1. The van der Waals surface area contributed by atoms with E-state index < -0.39 is 35.7 Å². The van der Waals surface area contributed by atoms with Crippen LogP contribution < -0.4 is 0 Å². The van der Waals surface area contributed by atoms with Crippen molar-refractivity contribution in [3.8, 4) is 0 Å². The van der Waals surface area contributed by atoms with Gasteiger partial charge in [-0.3, -0.25) is 9.59 Å². The van der Waals surface area contributed by atoms with Gasteiger partial charge in [0, 0.05) is 12.8 Å². The molecule has 0 aromatic rings. The fourth-order valence-corrected chi connectivity index (χ4v) is 1.67. The maximum Gasteiger partial charge on any atom is 0.340 e. The second-order valence-electron chi connectivity index (χ2n) is 4.25. The van der Waals surface area contributed by atoms with Crippen molar-refractivity contribution >= 4 is 17.7 Å². The van der Waals surface area contributed by atoms with Crippen molar-refractivity contribution in [2.45, 2.75) is 46.7 Å². The minimum absolute atomic E-state index is 0.0388. The first kappa shape index (κ1) is 17.5. The van der Waals surface area contributed by atoms with E-state index in [1.54, 1.807) is 20.8 Å². The predicted molar refractivity (Wildman–Crippen MR) is 66.2 cm³/mol. The van der Waals surface area contributed by atoms with Gasteiger partial charge in [0.15, 0.2) is 6.17 Å². The highest BCUT2D eigenvalue weighted by Crippen LogP contribution is 2.29. The van der Waals surface area contributed by atoms with Crippen molar-refractivity contribution in [3.63, 3.8) is 0 Å². The van der Waals surface area contributed by atoms with E-state index in [1.807, 2.05) is 0 Å². The molecule has 19 heavy (non-hydrogen) atoms. The Bertz CT molecular complexity index is 342. The average Bonchev–Trinajstić information content (AvgIpc) is 2.37. The van der Waals surface area contributed by atoms with Crippen molar-refractivity contribution in [3.05, 3.63) is 0 Å². The van der Waals surface area contributed by atoms with Gasteiger partial charge in [0.1, 0.15) is 11.2 Å². The van der Waals surface area contributed by atoms with Gasteiger partial charge in [-0.25, -0.2) is 9.18 Å². The van der Waals surface area contributed by atoms with E-state index in [2.05, 4.69) is 4.74 Å². The Kier molecular flexibility index (Phi) is 7.26. The average molecular weight is 276 g/mol. The fourth-order valence-electron chi connectivity index (χ4n) is 1.67. The maximum atomic E-state index is 13.7. The molecule has 0 amide bonds. The molecule has 110 valence electrons. The molecule has 0 aromatic heterocycles. The van der Waals surface area contributed by atoms with Gasteiger partial charge < -0.3 is 9.47 Å². The minimum atomic E-state index is -2.02. The molecule has 2 atom stereocenters. The van der Waals surface area contributed by atoms with Crippen molar-refractivity contribution in [2.75, 3.05) is 13.2 Å². The third kappa shape index (κ3) is 4.61. The Hall–Kier alpha value is -1.46. The summed E-state index contributed by atoms with van der Waals surface area (Å²) in [7, 11) is 0.